The summed E-state index contributed by atoms with van der Waals surface area (Å²) in [4.78, 5) is 166. The molecule has 0 spiro atoms. The zero-order chi connectivity index (χ0) is 70.6. The minimum Gasteiger partial charge on any atom is -0.467 e. The Hall–Kier alpha value is -7.38. The van der Waals surface area contributed by atoms with Gasteiger partial charge in [-0.05, 0) is 124 Å². The topological polar surface area (TPSA) is 365 Å². The number of esters is 1. The Labute approximate surface area is 539 Å². The molecule has 26 nitrogen and oxygen atoms in total. The van der Waals surface area contributed by atoms with E-state index in [0.717, 1.165) is 5.56 Å². The average molecular weight is 1290 g/mol. The lowest BCUT2D eigenvalue weighted by atomic mass is 9.94. The molecular weight excluding hydrogens is 1170 g/mol. The molecule has 10 atom stereocenters. The van der Waals surface area contributed by atoms with Crippen molar-refractivity contribution in [3.05, 3.63) is 35.9 Å². The monoisotopic (exact) mass is 1290 g/mol. The maximum atomic E-state index is 14.7. The number of carbonyl (C=O) groups is 12. The van der Waals surface area contributed by atoms with E-state index in [1.807, 2.05) is 13.0 Å². The standard InChI is InChI=1S/C65H111N11O15/c1-26-38(11)46(68-49(77)42(34(3)4)66-50(78)43(35(5)6)71-58(86)64(21,22)76-60(88)91-61(14,15)16)54(82)74-63(19,20)57(85)72-48(40(13)90-33-41-31-29-28-30-32-41)52(80)67-45(37(9)10)53(81)73-62(17,18)56(84)70-44(36(7)8)51(79)69-47(39(12)27-2)55(83)75-65(23,24)59(87)89-25/h28-32,34-40,42-48H,26-27,33H2,1-25H3,(H,66,78)(H,67,80)(H,68,77)(H,69,79)(H,70,84)(H,71,86)(H,72,85)(H,73,81)(H,74,82)(H,75,83)(H,76,88)/t38-,39-,40+,42-,43-,44-,45-,46-,47-,48-/m1/s1. The number of alkyl carbamates (subject to hydrolysis) is 1. The summed E-state index contributed by atoms with van der Waals surface area (Å²) in [5, 5.41) is 29.7. The Morgan fingerprint density at radius 3 is 1.02 bits per heavy atom. The fourth-order valence-electron chi connectivity index (χ4n) is 8.97. The molecule has 0 aliphatic carbocycles. The SMILES string of the molecule is CC[C@@H](C)[C@@H](NC(=O)[C@H](NC(=O)[C@H](NC(=O)C(C)(C)NC(=O)OC(C)(C)C)C(C)C)C(C)C)C(=O)NC(C)(C)C(=O)N[C@@H](C(=O)N[C@@H](C(=O)NC(C)(C)C(=O)N[C@@H](C(=O)N[C@@H](C(=O)NC(C)(C)C(=O)OC)[C@H](C)CC)C(C)C)C(C)C)[C@H](C)OCc1ccccc1. The Morgan fingerprint density at radius 2 is 0.681 bits per heavy atom. The largest absolute Gasteiger partial charge is 0.467 e. The zero-order valence-corrected chi connectivity index (χ0v) is 58.7. The number of ether oxygens (including phenoxy) is 3. The molecule has 0 aliphatic rings. The molecule has 1 aromatic rings. The minimum atomic E-state index is -1.80. The number of hydrogen-bond donors (Lipinski definition) is 11. The van der Waals surface area contributed by atoms with Crippen molar-refractivity contribution >= 4 is 71.1 Å². The van der Waals surface area contributed by atoms with E-state index in [-0.39, 0.29) is 6.61 Å². The van der Waals surface area contributed by atoms with Gasteiger partial charge in [0.15, 0.2) is 0 Å². The molecule has 91 heavy (non-hydrogen) atoms. The Bertz CT molecular complexity index is 2690. The average Bonchev–Trinajstić information content (AvgIpc) is 0.929. The molecule has 11 amide bonds. The van der Waals surface area contributed by atoms with Crippen LogP contribution < -0.4 is 58.5 Å². The van der Waals surface area contributed by atoms with Gasteiger partial charge in [-0.1, -0.05) is 126 Å². The number of amides is 11. The summed E-state index contributed by atoms with van der Waals surface area (Å²) >= 11 is 0. The van der Waals surface area contributed by atoms with Crippen LogP contribution in [0.15, 0.2) is 30.3 Å². The van der Waals surface area contributed by atoms with E-state index in [1.165, 1.54) is 62.5 Å². The van der Waals surface area contributed by atoms with Gasteiger partial charge in [0.2, 0.25) is 59.1 Å². The molecule has 1 aromatic carbocycles. The molecule has 0 saturated carbocycles. The summed E-state index contributed by atoms with van der Waals surface area (Å²) < 4.78 is 16.3. The molecule has 0 aromatic heterocycles. The predicted octanol–water partition coefficient (Wildman–Crippen LogP) is 3.86. The van der Waals surface area contributed by atoms with E-state index in [4.69, 9.17) is 14.2 Å². The van der Waals surface area contributed by atoms with Crippen molar-refractivity contribution in [3.8, 4) is 0 Å². The molecular formula is C65H111N11O15. The van der Waals surface area contributed by atoms with Crippen LogP contribution in [0.25, 0.3) is 0 Å². The third-order valence-electron chi connectivity index (χ3n) is 15.5. The summed E-state index contributed by atoms with van der Waals surface area (Å²) in [7, 11) is 1.18. The van der Waals surface area contributed by atoms with Crippen molar-refractivity contribution < 1.29 is 71.7 Å². The molecule has 0 aliphatic heterocycles. The zero-order valence-electron chi connectivity index (χ0n) is 58.7. The molecule has 26 heteroatoms. The highest BCUT2D eigenvalue weighted by Crippen LogP contribution is 2.19. The van der Waals surface area contributed by atoms with Gasteiger partial charge in [-0.15, -0.1) is 0 Å². The molecule has 11 N–H and O–H groups in total. The van der Waals surface area contributed by atoms with Crippen LogP contribution in [0.2, 0.25) is 0 Å². The van der Waals surface area contributed by atoms with Gasteiger partial charge in [-0.25, -0.2) is 9.59 Å². The predicted molar refractivity (Wildman–Crippen MR) is 345 cm³/mol. The lowest BCUT2D eigenvalue weighted by Crippen LogP contribution is -2.66. The van der Waals surface area contributed by atoms with Gasteiger partial charge < -0.3 is 72.7 Å². The number of nitrogens with one attached hydrogen (secondary N) is 11. The third-order valence-corrected chi connectivity index (χ3v) is 15.5. The van der Waals surface area contributed by atoms with Crippen LogP contribution in [0.3, 0.4) is 0 Å². The molecule has 0 saturated heterocycles. The number of rotatable bonds is 34. The summed E-state index contributed by atoms with van der Waals surface area (Å²) in [6, 6.07) is 0.137. The van der Waals surface area contributed by atoms with Crippen LogP contribution >= 0.6 is 0 Å². The van der Waals surface area contributed by atoms with Crippen molar-refractivity contribution in [2.75, 3.05) is 7.11 Å². The molecule has 0 bridgehead atoms. The van der Waals surface area contributed by atoms with Crippen LogP contribution in [0, 0.1) is 35.5 Å². The third kappa shape index (κ3) is 25.7. The fraction of sp³-hybridized carbons (Fsp3) is 0.723. The summed E-state index contributed by atoms with van der Waals surface area (Å²) in [5.74, 6) is -11.4. The van der Waals surface area contributed by atoms with Crippen molar-refractivity contribution in [2.45, 2.75) is 262 Å². The normalized spacial score (nSPS) is 15.5. The molecule has 0 heterocycles. The van der Waals surface area contributed by atoms with Gasteiger partial charge in [-0.2, -0.15) is 0 Å². The van der Waals surface area contributed by atoms with Gasteiger partial charge in [0.05, 0.1) is 19.8 Å². The van der Waals surface area contributed by atoms with Crippen LogP contribution in [0.1, 0.15) is 185 Å². The first kappa shape index (κ1) is 81.6. The van der Waals surface area contributed by atoms with Gasteiger partial charge in [0.1, 0.15) is 70.0 Å². The second-order valence-electron chi connectivity index (χ2n) is 28.1. The maximum Gasteiger partial charge on any atom is 0.408 e. The van der Waals surface area contributed by atoms with Gasteiger partial charge in [0, 0.05) is 0 Å². The Kier molecular flexibility index (Phi) is 31.3. The molecule has 1 rings (SSSR count). The van der Waals surface area contributed by atoms with Crippen molar-refractivity contribution in [3.63, 3.8) is 0 Å². The molecule has 516 valence electrons. The lowest BCUT2D eigenvalue weighted by Gasteiger charge is -2.35. The summed E-state index contributed by atoms with van der Waals surface area (Å²) in [6.45, 7) is 38.4. The first-order valence-corrected chi connectivity index (χ1v) is 31.5. The number of carbonyl (C=O) groups excluding carboxylic acids is 12. The number of benzene rings is 1. The quantitative estimate of drug-likeness (QED) is 0.0437. The van der Waals surface area contributed by atoms with E-state index in [2.05, 4.69) is 58.5 Å². The number of methoxy groups -OCH3 is 1. The van der Waals surface area contributed by atoms with Crippen molar-refractivity contribution in [1.29, 1.82) is 0 Å². The highest BCUT2D eigenvalue weighted by Gasteiger charge is 2.44. The number of hydrogen-bond acceptors (Lipinski definition) is 15. The Morgan fingerprint density at radius 1 is 0.385 bits per heavy atom. The summed E-state index contributed by atoms with van der Waals surface area (Å²) in [6.07, 6.45) is -1.09. The van der Waals surface area contributed by atoms with Crippen molar-refractivity contribution in [1.82, 2.24) is 58.5 Å². The molecule has 0 unspecified atom stereocenters. The van der Waals surface area contributed by atoms with E-state index in [0.29, 0.717) is 12.8 Å². The van der Waals surface area contributed by atoms with Crippen molar-refractivity contribution in [2.24, 2.45) is 35.5 Å². The lowest BCUT2D eigenvalue weighted by molar-refractivity contribution is -0.150. The van der Waals surface area contributed by atoms with Crippen LogP contribution in [-0.2, 0) is 73.6 Å². The van der Waals surface area contributed by atoms with Crippen LogP contribution in [0.4, 0.5) is 4.79 Å². The first-order valence-electron chi connectivity index (χ1n) is 31.5. The van der Waals surface area contributed by atoms with E-state index < -0.39 is 183 Å². The maximum absolute atomic E-state index is 14.7. The molecule has 0 radical (unpaired) electrons. The minimum absolute atomic E-state index is 0.0000134. The van der Waals surface area contributed by atoms with Crippen LogP contribution in [0.5, 0.6) is 0 Å². The second-order valence-corrected chi connectivity index (χ2v) is 28.1. The summed E-state index contributed by atoms with van der Waals surface area (Å²) in [5.41, 5.74) is -6.58. The van der Waals surface area contributed by atoms with E-state index >= 15 is 0 Å². The van der Waals surface area contributed by atoms with E-state index in [9.17, 15) is 57.5 Å². The fourth-order valence-corrected chi connectivity index (χ4v) is 8.97. The highest BCUT2D eigenvalue weighted by molar-refractivity contribution is 6.01. The van der Waals surface area contributed by atoms with Gasteiger partial charge in [0.25, 0.3) is 0 Å². The first-order chi connectivity index (χ1) is 41.6. The van der Waals surface area contributed by atoms with Crippen LogP contribution in [-0.4, -0.2) is 154 Å². The highest BCUT2D eigenvalue weighted by atomic mass is 16.6. The van der Waals surface area contributed by atoms with Gasteiger partial charge in [-0.3, -0.25) is 47.9 Å². The van der Waals surface area contributed by atoms with E-state index in [1.54, 1.807) is 128 Å². The Balaban J connectivity index is 3.54. The van der Waals surface area contributed by atoms with Gasteiger partial charge >= 0.3 is 12.1 Å². The second kappa shape index (κ2) is 34.9. The smallest absolute Gasteiger partial charge is 0.408 e. The molecule has 0 fully saturated rings.